The second kappa shape index (κ2) is 5.98. The number of para-hydroxylation sites is 1. The van der Waals surface area contributed by atoms with Gasteiger partial charge in [0.05, 0.1) is 0 Å². The average molecular weight is 309 g/mol. The van der Waals surface area contributed by atoms with E-state index in [4.69, 9.17) is 4.78 Å². The highest BCUT2D eigenvalue weighted by molar-refractivity contribution is 9.10. The van der Waals surface area contributed by atoms with Gasteiger partial charge in [0.25, 0.3) is 0 Å². The Morgan fingerprint density at radius 1 is 1.00 bits per heavy atom. The molecule has 0 saturated heterocycles. The van der Waals surface area contributed by atoms with Crippen molar-refractivity contribution >= 4 is 32.5 Å². The molecule has 0 aliphatic heterocycles. The van der Waals surface area contributed by atoms with Crippen LogP contribution >= 0.6 is 15.9 Å². The van der Waals surface area contributed by atoms with Crippen molar-refractivity contribution in [2.24, 2.45) is 0 Å². The van der Waals surface area contributed by atoms with E-state index in [0.29, 0.717) is 0 Å². The molecule has 0 aliphatic rings. The highest BCUT2D eigenvalue weighted by Crippen LogP contribution is 2.13. The molecular weight excluding hydrogens is 296 g/mol. The first-order valence-electron chi connectivity index (χ1n) is 5.22. The molecule has 2 nitrogen and oxygen atoms in total. The highest BCUT2D eigenvalue weighted by Gasteiger charge is 1.98. The molecule has 0 bridgehead atoms. The fourth-order valence-electron chi connectivity index (χ4n) is 1.43. The first-order valence-corrected chi connectivity index (χ1v) is 7.41. The molecule has 0 fully saturated rings. The largest absolute Gasteiger partial charge is 0.322 e. The van der Waals surface area contributed by atoms with Gasteiger partial charge in [-0.2, -0.15) is 0 Å². The van der Waals surface area contributed by atoms with Crippen LogP contribution in [0.5, 0.6) is 0 Å². The smallest absolute Gasteiger partial charge is 0.0478 e. The quantitative estimate of drug-likeness (QED) is 0.865. The summed E-state index contributed by atoms with van der Waals surface area (Å²) in [5.74, 6) is 0.724. The molecule has 0 aromatic heterocycles. The van der Waals surface area contributed by atoms with E-state index in [1.54, 1.807) is 0 Å². The second-order valence-electron chi connectivity index (χ2n) is 3.63. The van der Waals surface area contributed by atoms with Gasteiger partial charge in [-0.3, -0.25) is 4.78 Å². The molecule has 2 aromatic carbocycles. The van der Waals surface area contributed by atoms with Crippen molar-refractivity contribution in [3.8, 4) is 0 Å². The van der Waals surface area contributed by atoms with Crippen LogP contribution in [-0.2, 0) is 16.6 Å². The lowest BCUT2D eigenvalue weighted by Gasteiger charge is -2.09. The molecule has 1 atom stereocenters. The Balaban J connectivity index is 1.96. The van der Waals surface area contributed by atoms with Gasteiger partial charge in [-0.15, -0.1) is 0 Å². The lowest BCUT2D eigenvalue weighted by molar-refractivity contribution is 1.38. The lowest BCUT2D eigenvalue weighted by Crippen LogP contribution is -2.05. The van der Waals surface area contributed by atoms with Crippen LogP contribution in [-0.4, -0.2) is 0 Å². The molecule has 17 heavy (non-hydrogen) atoms. The molecule has 4 heteroatoms. The molecule has 2 N–H and O–H groups in total. The highest BCUT2D eigenvalue weighted by atomic mass is 79.9. The van der Waals surface area contributed by atoms with Crippen molar-refractivity contribution in [3.63, 3.8) is 0 Å². The zero-order chi connectivity index (χ0) is 12.1. The van der Waals surface area contributed by atoms with Gasteiger partial charge in [0.2, 0.25) is 0 Å². The summed E-state index contributed by atoms with van der Waals surface area (Å²) in [5.41, 5.74) is 2.18. The standard InChI is InChI=1S/C13H13BrN2S/c14-12-8-6-11(7-9-12)10-17(15)16-13-4-2-1-3-5-13/h1-9H,10H2,(H2,15,16)/t17-/m0/s1. The van der Waals surface area contributed by atoms with Crippen molar-refractivity contribution in [3.05, 3.63) is 64.6 Å². The van der Waals surface area contributed by atoms with Gasteiger partial charge in [-0.05, 0) is 40.7 Å². The van der Waals surface area contributed by atoms with Gasteiger partial charge in [-0.25, -0.2) is 0 Å². The molecule has 88 valence electrons. The number of rotatable bonds is 4. The maximum atomic E-state index is 8.01. The Kier molecular flexibility index (Phi) is 4.34. The molecule has 0 amide bonds. The molecule has 0 radical (unpaired) electrons. The summed E-state index contributed by atoms with van der Waals surface area (Å²) in [4.78, 5) is 0. The van der Waals surface area contributed by atoms with E-state index in [2.05, 4.69) is 20.7 Å². The summed E-state index contributed by atoms with van der Waals surface area (Å²) < 4.78 is 12.3. The summed E-state index contributed by atoms with van der Waals surface area (Å²) >= 11 is 3.41. The van der Waals surface area contributed by atoms with Crippen molar-refractivity contribution in [2.45, 2.75) is 5.75 Å². The molecule has 0 aliphatic carbocycles. The molecule has 0 spiro atoms. The fraction of sp³-hybridized carbons (Fsp3) is 0.0769. The van der Waals surface area contributed by atoms with Crippen molar-refractivity contribution < 1.29 is 0 Å². The van der Waals surface area contributed by atoms with Crippen LogP contribution in [0.2, 0.25) is 0 Å². The number of anilines is 1. The Hall–Kier alpha value is -1.13. The zero-order valence-corrected chi connectivity index (χ0v) is 11.6. The predicted octanol–water partition coefficient (Wildman–Crippen LogP) is 4.36. The van der Waals surface area contributed by atoms with Crippen LogP contribution in [0.4, 0.5) is 5.69 Å². The zero-order valence-electron chi connectivity index (χ0n) is 9.19. The van der Waals surface area contributed by atoms with Gasteiger partial charge < -0.3 is 4.72 Å². The average Bonchev–Trinajstić information content (AvgIpc) is 2.33. The minimum Gasteiger partial charge on any atom is -0.322 e. The van der Waals surface area contributed by atoms with Crippen LogP contribution in [0.15, 0.2) is 59.1 Å². The predicted molar refractivity (Wildman–Crippen MR) is 78.0 cm³/mol. The molecular formula is C13H13BrN2S. The van der Waals surface area contributed by atoms with E-state index >= 15 is 0 Å². The third-order valence-corrected chi connectivity index (χ3v) is 3.87. The van der Waals surface area contributed by atoms with Crippen molar-refractivity contribution in [1.82, 2.24) is 0 Å². The lowest BCUT2D eigenvalue weighted by atomic mass is 10.2. The third kappa shape index (κ3) is 3.98. The van der Waals surface area contributed by atoms with Gasteiger partial charge in [0.1, 0.15) is 0 Å². The molecule has 2 aromatic rings. The monoisotopic (exact) mass is 308 g/mol. The molecule has 0 saturated carbocycles. The number of hydrogen-bond acceptors (Lipinski definition) is 1. The minimum absolute atomic E-state index is 0.594. The van der Waals surface area contributed by atoms with Crippen molar-refractivity contribution in [1.29, 1.82) is 4.78 Å². The first-order chi connectivity index (χ1) is 8.24. The van der Waals surface area contributed by atoms with Crippen LogP contribution in [0.25, 0.3) is 0 Å². The Bertz CT molecular complexity index is 497. The van der Waals surface area contributed by atoms with E-state index in [-0.39, 0.29) is 0 Å². The van der Waals surface area contributed by atoms with E-state index in [1.807, 2.05) is 54.6 Å². The van der Waals surface area contributed by atoms with E-state index in [0.717, 1.165) is 15.9 Å². The summed E-state index contributed by atoms with van der Waals surface area (Å²) in [6.07, 6.45) is 0. The maximum absolute atomic E-state index is 8.01. The van der Waals surface area contributed by atoms with Crippen LogP contribution in [0.3, 0.4) is 0 Å². The SMILES string of the molecule is N=[S@](Cc1ccc(Br)cc1)Nc1ccccc1. The topological polar surface area (TPSA) is 35.9 Å². The summed E-state index contributed by atoms with van der Waals surface area (Å²) in [5, 5.41) is 0. The van der Waals surface area contributed by atoms with E-state index in [9.17, 15) is 0 Å². The van der Waals surface area contributed by atoms with E-state index < -0.39 is 10.9 Å². The Morgan fingerprint density at radius 3 is 2.29 bits per heavy atom. The van der Waals surface area contributed by atoms with E-state index in [1.165, 1.54) is 5.56 Å². The first kappa shape index (κ1) is 12.3. The summed E-state index contributed by atoms with van der Waals surface area (Å²) in [6.45, 7) is 0. The van der Waals surface area contributed by atoms with Crippen LogP contribution < -0.4 is 4.72 Å². The van der Waals surface area contributed by atoms with Gasteiger partial charge >= 0.3 is 0 Å². The van der Waals surface area contributed by atoms with Crippen LogP contribution in [0, 0.1) is 4.78 Å². The third-order valence-electron chi connectivity index (χ3n) is 2.24. The van der Waals surface area contributed by atoms with Gasteiger partial charge in [0.15, 0.2) is 0 Å². The molecule has 0 unspecified atom stereocenters. The second-order valence-corrected chi connectivity index (χ2v) is 5.82. The van der Waals surface area contributed by atoms with Crippen molar-refractivity contribution in [2.75, 3.05) is 4.72 Å². The maximum Gasteiger partial charge on any atom is 0.0478 e. The number of nitrogens with one attached hydrogen (secondary N) is 2. The number of hydrogen-bond donors (Lipinski definition) is 2. The normalized spacial score (nSPS) is 12.1. The Labute approximate surface area is 112 Å². The molecule has 0 heterocycles. The molecule has 2 rings (SSSR count). The Morgan fingerprint density at radius 2 is 1.65 bits per heavy atom. The van der Waals surface area contributed by atoms with Gasteiger partial charge in [0, 0.05) is 15.9 Å². The summed E-state index contributed by atoms with van der Waals surface area (Å²) in [7, 11) is -0.594. The summed E-state index contributed by atoms with van der Waals surface area (Å²) in [6, 6.07) is 18.0. The van der Waals surface area contributed by atoms with Gasteiger partial charge in [-0.1, -0.05) is 46.3 Å². The minimum atomic E-state index is -0.594. The number of benzene rings is 2. The number of halogens is 1. The fourth-order valence-corrected chi connectivity index (χ4v) is 2.71. The van der Waals surface area contributed by atoms with Crippen LogP contribution in [0.1, 0.15) is 5.56 Å².